The van der Waals surface area contributed by atoms with Crippen molar-refractivity contribution in [1.82, 2.24) is 4.90 Å². The summed E-state index contributed by atoms with van der Waals surface area (Å²) in [5.41, 5.74) is 6.98. The lowest BCUT2D eigenvalue weighted by Crippen LogP contribution is -2.40. The molecule has 0 unspecified atom stereocenters. The highest BCUT2D eigenvalue weighted by Crippen LogP contribution is 2.30. The molecule has 0 saturated carbocycles. The van der Waals surface area contributed by atoms with Crippen molar-refractivity contribution in [2.24, 2.45) is 5.73 Å². The lowest BCUT2D eigenvalue weighted by atomic mass is 10.1. The Hall–Kier alpha value is -4.39. The second-order valence-electron chi connectivity index (χ2n) is 9.82. The highest BCUT2D eigenvalue weighted by Gasteiger charge is 2.29. The maximum absolute atomic E-state index is 13.5. The fourth-order valence-electron chi connectivity index (χ4n) is 4.54. The van der Waals surface area contributed by atoms with Gasteiger partial charge in [0.15, 0.2) is 5.75 Å². The molecule has 1 fully saturated rings. The maximum Gasteiger partial charge on any atom is 0.341 e. The van der Waals surface area contributed by atoms with Crippen molar-refractivity contribution in [3.63, 3.8) is 0 Å². The maximum atomic E-state index is 13.5. The Kier molecular flexibility index (Phi) is 11.7. The Balaban J connectivity index is 1.96. The van der Waals surface area contributed by atoms with E-state index < -0.39 is 27.7 Å². The molecule has 1 aliphatic rings. The van der Waals surface area contributed by atoms with Crippen LogP contribution in [-0.4, -0.2) is 81.6 Å². The molecular formula is C30H39N5O7S. The van der Waals surface area contributed by atoms with Gasteiger partial charge in [0.1, 0.15) is 23.3 Å². The molecule has 43 heavy (non-hydrogen) atoms. The van der Waals surface area contributed by atoms with Crippen LogP contribution in [0.15, 0.2) is 48.5 Å². The number of benzene rings is 2. The second-order valence-corrected chi connectivity index (χ2v) is 11.7. The van der Waals surface area contributed by atoms with Gasteiger partial charge in [-0.25, -0.2) is 13.2 Å². The van der Waals surface area contributed by atoms with Gasteiger partial charge < -0.3 is 24.8 Å². The molecule has 13 heteroatoms. The van der Waals surface area contributed by atoms with Crippen molar-refractivity contribution in [2.45, 2.75) is 39.7 Å². The number of nitrogens with zero attached hydrogens (tertiary/aromatic N) is 2. The third kappa shape index (κ3) is 9.30. The van der Waals surface area contributed by atoms with E-state index in [1.807, 2.05) is 4.90 Å². The molecule has 12 nitrogen and oxygen atoms in total. The lowest BCUT2D eigenvalue weighted by molar-refractivity contribution is -0.139. The molecule has 2 aromatic carbocycles. The summed E-state index contributed by atoms with van der Waals surface area (Å²) in [6, 6.07) is 11.3. The molecule has 0 aliphatic carbocycles. The van der Waals surface area contributed by atoms with Gasteiger partial charge in [-0.05, 0) is 50.6 Å². The predicted molar refractivity (Wildman–Crippen MR) is 165 cm³/mol. The molecule has 232 valence electrons. The number of ether oxygens (including phenoxy) is 3. The second kappa shape index (κ2) is 15.2. The highest BCUT2D eigenvalue weighted by atomic mass is 32.2. The predicted octanol–water partition coefficient (Wildman–Crippen LogP) is 3.40. The number of hydrogen-bond donors (Lipinski definition) is 3. The Morgan fingerprint density at radius 2 is 1.77 bits per heavy atom. The van der Waals surface area contributed by atoms with Crippen molar-refractivity contribution in [2.75, 3.05) is 42.9 Å². The van der Waals surface area contributed by atoms with Gasteiger partial charge in [0.05, 0.1) is 31.3 Å². The average Bonchev–Trinajstić information content (AvgIpc) is 2.96. The summed E-state index contributed by atoms with van der Waals surface area (Å²) < 4.78 is 44.3. The first-order chi connectivity index (χ1) is 20.4. The molecule has 0 amide bonds. The van der Waals surface area contributed by atoms with Crippen LogP contribution in [0.25, 0.3) is 6.08 Å². The van der Waals surface area contributed by atoms with Crippen LogP contribution >= 0.6 is 0 Å². The quantitative estimate of drug-likeness (QED) is 0.174. The minimum Gasteiger partial charge on any atom is -0.489 e. The summed E-state index contributed by atoms with van der Waals surface area (Å²) in [4.78, 5) is 27.2. The third-order valence-corrected chi connectivity index (χ3v) is 8.31. The van der Waals surface area contributed by atoms with Crippen molar-refractivity contribution >= 4 is 45.4 Å². The molecule has 2 aromatic rings. The first kappa shape index (κ1) is 33.1. The summed E-state index contributed by atoms with van der Waals surface area (Å²) in [6.45, 7) is 6.24. The van der Waals surface area contributed by atoms with E-state index in [2.05, 4.69) is 0 Å². The largest absolute Gasteiger partial charge is 0.489 e. The van der Waals surface area contributed by atoms with Gasteiger partial charge in [-0.15, -0.1) is 0 Å². The molecule has 3 rings (SSSR count). The van der Waals surface area contributed by atoms with Crippen LogP contribution in [0, 0.1) is 10.8 Å². The standard InChI is InChI=1S/C30H39N5O7S/c1-4-40-28(36)20-43(38,39)35(15-7-9-22-8-6-10-23(18-22)29(32)33)24-11-12-27(26(19-24)30(37)41-5-2)42-25-13-16-34(17-14-25)21(3)31/h6-12,18-19,25,31H,4-5,13-17,20H2,1-3H3,(H3,32,33)/b9-7+,31-21?. The molecule has 4 N–H and O–H groups in total. The average molecular weight is 614 g/mol. The first-order valence-corrected chi connectivity index (χ1v) is 15.6. The van der Waals surface area contributed by atoms with Gasteiger partial charge >= 0.3 is 11.9 Å². The van der Waals surface area contributed by atoms with Gasteiger partial charge in [0, 0.05) is 31.5 Å². The zero-order chi connectivity index (χ0) is 31.6. The summed E-state index contributed by atoms with van der Waals surface area (Å²) in [5, 5.41) is 15.5. The number of amidine groups is 2. The van der Waals surface area contributed by atoms with Crippen molar-refractivity contribution in [3.05, 3.63) is 65.2 Å². The Morgan fingerprint density at radius 3 is 2.40 bits per heavy atom. The zero-order valence-corrected chi connectivity index (χ0v) is 25.5. The fourth-order valence-corrected chi connectivity index (χ4v) is 5.82. The van der Waals surface area contributed by atoms with Crippen molar-refractivity contribution in [3.8, 4) is 5.75 Å². The molecular weight excluding hydrogens is 574 g/mol. The van der Waals surface area contributed by atoms with Gasteiger partial charge in [-0.1, -0.05) is 30.4 Å². The van der Waals surface area contributed by atoms with Crippen molar-refractivity contribution in [1.29, 1.82) is 10.8 Å². The van der Waals surface area contributed by atoms with Gasteiger partial charge in [0.2, 0.25) is 10.0 Å². The van der Waals surface area contributed by atoms with Gasteiger partial charge in [-0.2, -0.15) is 0 Å². The first-order valence-electron chi connectivity index (χ1n) is 14.0. The Morgan fingerprint density at radius 1 is 1.07 bits per heavy atom. The van der Waals surface area contributed by atoms with E-state index >= 15 is 0 Å². The van der Waals surface area contributed by atoms with E-state index in [1.165, 1.54) is 18.2 Å². The number of anilines is 1. The Bertz CT molecular complexity index is 1470. The minimum atomic E-state index is -4.25. The van der Waals surface area contributed by atoms with E-state index in [-0.39, 0.29) is 48.7 Å². The monoisotopic (exact) mass is 613 g/mol. The molecule has 0 atom stereocenters. The number of carbonyl (C=O) groups is 2. The minimum absolute atomic E-state index is 0.0259. The van der Waals surface area contributed by atoms with Crippen molar-refractivity contribution < 1.29 is 32.2 Å². The van der Waals surface area contributed by atoms with Crippen LogP contribution in [0.4, 0.5) is 5.69 Å². The molecule has 0 aromatic heterocycles. The Labute approximate surface area is 252 Å². The van der Waals surface area contributed by atoms with Crippen LogP contribution in [0.5, 0.6) is 5.75 Å². The number of piperidine rings is 1. The summed E-state index contributed by atoms with van der Waals surface area (Å²) in [6.07, 6.45) is 4.36. The number of hydrogen-bond acceptors (Lipinski definition) is 9. The van der Waals surface area contributed by atoms with Crippen LogP contribution < -0.4 is 14.8 Å². The summed E-state index contributed by atoms with van der Waals surface area (Å²) >= 11 is 0. The lowest BCUT2D eigenvalue weighted by Gasteiger charge is -2.33. The van der Waals surface area contributed by atoms with E-state index in [1.54, 1.807) is 57.2 Å². The van der Waals surface area contributed by atoms with E-state index in [0.29, 0.717) is 42.9 Å². The topological polar surface area (TPSA) is 176 Å². The van der Waals surface area contributed by atoms with Gasteiger partial charge in [-0.3, -0.25) is 19.9 Å². The highest BCUT2D eigenvalue weighted by molar-refractivity contribution is 7.93. The third-order valence-electron chi connectivity index (χ3n) is 6.68. The summed E-state index contributed by atoms with van der Waals surface area (Å²) in [5.74, 6) is -1.83. The zero-order valence-electron chi connectivity index (χ0n) is 24.7. The number of carbonyl (C=O) groups excluding carboxylic acids is 2. The number of esters is 2. The molecule has 0 spiro atoms. The number of nitrogen functional groups attached to an aromatic ring is 1. The molecule has 0 radical (unpaired) electrons. The number of nitrogens with two attached hydrogens (primary N) is 1. The molecule has 1 heterocycles. The van der Waals surface area contributed by atoms with E-state index in [4.69, 9.17) is 30.8 Å². The SMILES string of the molecule is CCOC(=O)CS(=O)(=O)N(C/C=C/c1cccc(C(=N)N)c1)c1ccc(OC2CCN(C(C)=N)CC2)c(C(=O)OCC)c1. The molecule has 1 saturated heterocycles. The normalized spacial score (nSPS) is 13.9. The van der Waals surface area contributed by atoms with Crippen LogP contribution in [0.1, 0.15) is 55.1 Å². The number of nitrogens with one attached hydrogen (secondary N) is 2. The molecule has 1 aliphatic heterocycles. The number of rotatable bonds is 13. The van der Waals surface area contributed by atoms with Crippen LogP contribution in [-0.2, 0) is 24.3 Å². The van der Waals surface area contributed by atoms with Crippen LogP contribution in [0.2, 0.25) is 0 Å². The van der Waals surface area contributed by atoms with Gasteiger partial charge in [0.25, 0.3) is 0 Å². The van der Waals surface area contributed by atoms with Crippen LogP contribution in [0.3, 0.4) is 0 Å². The number of sulfonamides is 1. The smallest absolute Gasteiger partial charge is 0.341 e. The summed E-state index contributed by atoms with van der Waals surface area (Å²) in [7, 11) is -4.25. The van der Waals surface area contributed by atoms with E-state index in [9.17, 15) is 18.0 Å². The number of likely N-dealkylation sites (tertiary alicyclic amines) is 1. The fraction of sp³-hybridized carbons (Fsp3) is 0.400. The van der Waals surface area contributed by atoms with E-state index in [0.717, 1.165) is 4.31 Å². The molecule has 0 bridgehead atoms.